The Morgan fingerprint density at radius 3 is 2.43 bits per heavy atom. The number of carbonyl (C=O) groups excluding carboxylic acids is 1. The molecule has 0 bridgehead atoms. The van der Waals surface area contributed by atoms with E-state index in [9.17, 15) is 9.59 Å². The van der Waals surface area contributed by atoms with Gasteiger partial charge >= 0.3 is 12.0 Å². The number of carbonyl (C=O) groups is 2. The number of amides is 2. The third kappa shape index (κ3) is 7.63. The van der Waals surface area contributed by atoms with Crippen LogP contribution < -0.4 is 16.4 Å². The summed E-state index contributed by atoms with van der Waals surface area (Å²) in [7, 11) is 1.58. The molecule has 0 aliphatic rings. The molecular formula is C7H16ClN3O3. The van der Waals surface area contributed by atoms with Crippen molar-refractivity contribution in [2.75, 3.05) is 13.6 Å². The van der Waals surface area contributed by atoms with Gasteiger partial charge in [-0.05, 0) is 19.9 Å². The van der Waals surface area contributed by atoms with Gasteiger partial charge in [-0.15, -0.1) is 12.4 Å². The first-order chi connectivity index (χ1) is 6.07. The fraction of sp³-hybridized carbons (Fsp3) is 0.714. The number of nitrogens with one attached hydrogen (secondary N) is 2. The molecule has 0 aromatic carbocycles. The number of urea groups is 1. The molecule has 0 spiro atoms. The van der Waals surface area contributed by atoms with Gasteiger partial charge in [-0.2, -0.15) is 0 Å². The minimum absolute atomic E-state index is 0. The maximum absolute atomic E-state index is 10.5. The van der Waals surface area contributed by atoms with E-state index in [1.165, 1.54) is 0 Å². The van der Waals surface area contributed by atoms with E-state index in [0.717, 1.165) is 0 Å². The number of hydrogen-bond donors (Lipinski definition) is 4. The molecule has 0 saturated heterocycles. The van der Waals surface area contributed by atoms with E-state index in [2.05, 4.69) is 10.6 Å². The molecule has 2 amide bonds. The quantitative estimate of drug-likeness (QED) is 0.459. The molecule has 1 atom stereocenters. The topological polar surface area (TPSA) is 104 Å². The number of hydrogen-bond acceptors (Lipinski definition) is 3. The summed E-state index contributed by atoms with van der Waals surface area (Å²) in [6.07, 6.45) is 1.05. The van der Waals surface area contributed by atoms with Gasteiger partial charge in [0.15, 0.2) is 0 Å². The van der Waals surface area contributed by atoms with E-state index >= 15 is 0 Å². The van der Waals surface area contributed by atoms with Crippen LogP contribution in [0.3, 0.4) is 0 Å². The summed E-state index contributed by atoms with van der Waals surface area (Å²) >= 11 is 0. The lowest BCUT2D eigenvalue weighted by Crippen LogP contribution is -2.35. The maximum Gasteiger partial charge on any atom is 0.320 e. The predicted octanol–water partition coefficient (Wildman–Crippen LogP) is -0.471. The molecule has 14 heavy (non-hydrogen) atoms. The van der Waals surface area contributed by atoms with Gasteiger partial charge < -0.3 is 21.5 Å². The minimum atomic E-state index is -0.887. The highest BCUT2D eigenvalue weighted by Gasteiger charge is 2.13. The molecule has 0 rings (SSSR count). The second-order valence-electron chi connectivity index (χ2n) is 2.61. The van der Waals surface area contributed by atoms with Crippen molar-refractivity contribution in [2.45, 2.75) is 18.9 Å². The van der Waals surface area contributed by atoms with E-state index in [1.807, 2.05) is 0 Å². The fourth-order valence-corrected chi connectivity index (χ4v) is 0.909. The Hall–Kier alpha value is -1.01. The number of carboxylic acid groups (broad SMARTS) is 1. The number of carboxylic acids is 1. The van der Waals surface area contributed by atoms with Crippen LogP contribution in [-0.2, 0) is 4.79 Å². The van der Waals surface area contributed by atoms with Gasteiger partial charge in [0.25, 0.3) is 0 Å². The standard InChI is InChI=1S/C7H15N3O3.ClH/c1-9-5(6(11)12)3-2-4-10-7(8)13;/h5,9H,2-4H2,1H3,(H,11,12)(H3,8,10,13);1H/t5-;/m0./s1. The number of rotatable bonds is 6. The molecule has 0 radical (unpaired) electrons. The fourth-order valence-electron chi connectivity index (χ4n) is 0.909. The van der Waals surface area contributed by atoms with Crippen LogP contribution in [0.25, 0.3) is 0 Å². The Kier molecular flexibility index (Phi) is 9.48. The minimum Gasteiger partial charge on any atom is -0.480 e. The molecule has 6 nitrogen and oxygen atoms in total. The third-order valence-corrected chi connectivity index (χ3v) is 1.62. The number of aliphatic carboxylic acids is 1. The van der Waals surface area contributed by atoms with Crippen molar-refractivity contribution in [1.82, 2.24) is 10.6 Å². The van der Waals surface area contributed by atoms with Crippen LogP contribution in [-0.4, -0.2) is 36.7 Å². The Morgan fingerprint density at radius 1 is 1.50 bits per heavy atom. The summed E-state index contributed by atoms with van der Waals surface area (Å²) in [6, 6.07) is -1.15. The molecule has 84 valence electrons. The number of primary amides is 1. The van der Waals surface area contributed by atoms with E-state index in [4.69, 9.17) is 10.8 Å². The van der Waals surface area contributed by atoms with Crippen molar-refractivity contribution < 1.29 is 14.7 Å². The van der Waals surface area contributed by atoms with Crippen molar-refractivity contribution in [3.63, 3.8) is 0 Å². The van der Waals surface area contributed by atoms with Gasteiger partial charge in [0.05, 0.1) is 0 Å². The zero-order valence-corrected chi connectivity index (χ0v) is 8.76. The lowest BCUT2D eigenvalue weighted by molar-refractivity contribution is -0.139. The van der Waals surface area contributed by atoms with Gasteiger partial charge in [0, 0.05) is 6.54 Å². The first-order valence-electron chi connectivity index (χ1n) is 4.01. The van der Waals surface area contributed by atoms with E-state index in [1.54, 1.807) is 7.05 Å². The average Bonchev–Trinajstić information content (AvgIpc) is 2.03. The highest BCUT2D eigenvalue weighted by atomic mass is 35.5. The van der Waals surface area contributed by atoms with Crippen molar-refractivity contribution >= 4 is 24.4 Å². The van der Waals surface area contributed by atoms with Gasteiger partial charge in [-0.3, -0.25) is 4.79 Å². The van der Waals surface area contributed by atoms with Crippen LogP contribution in [0, 0.1) is 0 Å². The smallest absolute Gasteiger partial charge is 0.320 e. The third-order valence-electron chi connectivity index (χ3n) is 1.62. The van der Waals surface area contributed by atoms with E-state index in [-0.39, 0.29) is 12.4 Å². The molecule has 7 heteroatoms. The summed E-state index contributed by atoms with van der Waals surface area (Å²) < 4.78 is 0. The Bertz CT molecular complexity index is 189. The number of likely N-dealkylation sites (N-methyl/N-ethyl adjacent to an activating group) is 1. The Morgan fingerprint density at radius 2 is 2.07 bits per heavy atom. The normalized spacial score (nSPS) is 11.2. The van der Waals surface area contributed by atoms with Crippen LogP contribution in [0.4, 0.5) is 4.79 Å². The van der Waals surface area contributed by atoms with Crippen molar-refractivity contribution in [3.05, 3.63) is 0 Å². The van der Waals surface area contributed by atoms with Crippen molar-refractivity contribution in [3.8, 4) is 0 Å². The zero-order valence-electron chi connectivity index (χ0n) is 7.95. The second-order valence-corrected chi connectivity index (χ2v) is 2.61. The Labute approximate surface area is 88.6 Å². The second kappa shape index (κ2) is 8.58. The van der Waals surface area contributed by atoms with Crippen LogP contribution in [0.5, 0.6) is 0 Å². The largest absolute Gasteiger partial charge is 0.480 e. The zero-order chi connectivity index (χ0) is 10.3. The summed E-state index contributed by atoms with van der Waals surface area (Å²) in [4.78, 5) is 20.7. The summed E-state index contributed by atoms with van der Waals surface area (Å²) in [6.45, 7) is 0.404. The van der Waals surface area contributed by atoms with E-state index < -0.39 is 18.0 Å². The highest BCUT2D eigenvalue weighted by Crippen LogP contribution is 1.95. The molecule has 0 aliphatic heterocycles. The molecule has 0 aromatic heterocycles. The summed E-state index contributed by atoms with van der Waals surface area (Å²) in [5.41, 5.74) is 4.82. The van der Waals surface area contributed by atoms with Gasteiger partial charge in [-0.25, -0.2) is 4.79 Å². The molecular weight excluding hydrogens is 210 g/mol. The lowest BCUT2D eigenvalue weighted by Gasteiger charge is -2.10. The predicted molar refractivity (Wildman–Crippen MR) is 54.6 cm³/mol. The van der Waals surface area contributed by atoms with Crippen LogP contribution in [0.1, 0.15) is 12.8 Å². The molecule has 5 N–H and O–H groups in total. The average molecular weight is 226 g/mol. The SMILES string of the molecule is CN[C@@H](CCCNC(N)=O)C(=O)O.Cl. The molecule has 0 saturated carbocycles. The van der Waals surface area contributed by atoms with E-state index in [0.29, 0.717) is 19.4 Å². The monoisotopic (exact) mass is 225 g/mol. The molecule has 0 fully saturated rings. The molecule has 0 heterocycles. The summed E-state index contributed by atoms with van der Waals surface area (Å²) in [5.74, 6) is -0.887. The lowest BCUT2D eigenvalue weighted by atomic mass is 10.1. The van der Waals surface area contributed by atoms with Gasteiger partial charge in [0.2, 0.25) is 0 Å². The van der Waals surface area contributed by atoms with Crippen molar-refractivity contribution in [1.29, 1.82) is 0 Å². The van der Waals surface area contributed by atoms with Crippen LogP contribution in [0.15, 0.2) is 0 Å². The van der Waals surface area contributed by atoms with Gasteiger partial charge in [-0.1, -0.05) is 0 Å². The maximum atomic E-state index is 10.5. The van der Waals surface area contributed by atoms with Crippen molar-refractivity contribution in [2.24, 2.45) is 5.73 Å². The number of nitrogens with two attached hydrogens (primary N) is 1. The molecule has 0 aromatic rings. The first-order valence-corrected chi connectivity index (χ1v) is 4.01. The number of halogens is 1. The van der Waals surface area contributed by atoms with Crippen LogP contribution in [0.2, 0.25) is 0 Å². The Balaban J connectivity index is 0. The van der Waals surface area contributed by atoms with Crippen LogP contribution >= 0.6 is 12.4 Å². The summed E-state index contributed by atoms with van der Waals surface area (Å²) in [5, 5.41) is 13.6. The highest BCUT2D eigenvalue weighted by molar-refractivity contribution is 5.85. The molecule has 0 aliphatic carbocycles. The first kappa shape index (κ1) is 15.5. The molecule has 0 unspecified atom stereocenters. The van der Waals surface area contributed by atoms with Gasteiger partial charge in [0.1, 0.15) is 6.04 Å².